The van der Waals surface area contributed by atoms with E-state index in [0.29, 0.717) is 25.2 Å². The molecule has 2 amide bonds. The lowest BCUT2D eigenvalue weighted by molar-refractivity contribution is -0.129. The average Bonchev–Trinajstić information content (AvgIpc) is 3.14. The number of benzene rings is 1. The second-order valence-electron chi connectivity index (χ2n) is 7.42. The largest absolute Gasteiger partial charge is 0.345 e. The van der Waals surface area contributed by atoms with E-state index in [1.807, 2.05) is 4.90 Å². The van der Waals surface area contributed by atoms with Crippen LogP contribution in [0.5, 0.6) is 0 Å². The van der Waals surface area contributed by atoms with E-state index in [1.165, 1.54) is 18.2 Å². The number of aryl methyl sites for hydroxylation is 1. The molecule has 1 aromatic carbocycles. The summed E-state index contributed by atoms with van der Waals surface area (Å²) < 4.78 is 13.3. The van der Waals surface area contributed by atoms with Crippen molar-refractivity contribution in [1.82, 2.24) is 9.88 Å². The molecule has 0 bridgehead atoms. The second kappa shape index (κ2) is 8.28. The van der Waals surface area contributed by atoms with Crippen LogP contribution in [-0.2, 0) is 22.4 Å². The number of aromatic nitrogens is 1. The van der Waals surface area contributed by atoms with Crippen LogP contribution in [0.15, 0.2) is 18.2 Å². The van der Waals surface area contributed by atoms with Gasteiger partial charge in [-0.15, -0.1) is 11.3 Å². The van der Waals surface area contributed by atoms with Crippen LogP contribution in [0.3, 0.4) is 0 Å². The summed E-state index contributed by atoms with van der Waals surface area (Å²) in [5.74, 6) is -0.620. The van der Waals surface area contributed by atoms with Gasteiger partial charge in [-0.05, 0) is 37.5 Å². The van der Waals surface area contributed by atoms with Crippen molar-refractivity contribution in [3.05, 3.63) is 39.6 Å². The summed E-state index contributed by atoms with van der Waals surface area (Å²) in [4.78, 5) is 34.2. The highest BCUT2D eigenvalue weighted by molar-refractivity contribution is 7.15. The lowest BCUT2D eigenvalue weighted by atomic mass is 9.90. The van der Waals surface area contributed by atoms with E-state index >= 15 is 0 Å². The molecular formula is C20H22ClFN4O2S. The van der Waals surface area contributed by atoms with Crippen LogP contribution in [0.2, 0.25) is 5.02 Å². The molecule has 0 saturated carbocycles. The summed E-state index contributed by atoms with van der Waals surface area (Å²) >= 11 is 7.44. The number of hydrogen-bond acceptors (Lipinski definition) is 5. The maximum absolute atomic E-state index is 13.3. The van der Waals surface area contributed by atoms with Gasteiger partial charge < -0.3 is 15.1 Å². The van der Waals surface area contributed by atoms with Crippen LogP contribution in [0, 0.1) is 11.7 Å². The molecule has 1 saturated heterocycles. The third-order valence-electron chi connectivity index (χ3n) is 5.48. The van der Waals surface area contributed by atoms with Crippen molar-refractivity contribution < 1.29 is 14.0 Å². The van der Waals surface area contributed by atoms with Crippen LogP contribution in [-0.4, -0.2) is 47.9 Å². The first-order chi connectivity index (χ1) is 13.9. The minimum Gasteiger partial charge on any atom is -0.345 e. The van der Waals surface area contributed by atoms with E-state index in [2.05, 4.69) is 10.2 Å². The third kappa shape index (κ3) is 4.38. The van der Waals surface area contributed by atoms with Crippen molar-refractivity contribution in [2.75, 3.05) is 36.4 Å². The maximum Gasteiger partial charge on any atom is 0.227 e. The molecule has 1 aliphatic heterocycles. The topological polar surface area (TPSA) is 65.5 Å². The summed E-state index contributed by atoms with van der Waals surface area (Å²) in [6.45, 7) is 4.58. The Morgan fingerprint density at radius 3 is 2.72 bits per heavy atom. The quantitative estimate of drug-likeness (QED) is 0.801. The number of amides is 2. The van der Waals surface area contributed by atoms with Crippen molar-refractivity contribution in [2.24, 2.45) is 5.92 Å². The normalized spacial score (nSPS) is 19.1. The third-order valence-corrected chi connectivity index (χ3v) is 6.95. The number of anilines is 2. The molecule has 1 aliphatic carbocycles. The van der Waals surface area contributed by atoms with Crippen molar-refractivity contribution in [3.63, 3.8) is 0 Å². The van der Waals surface area contributed by atoms with Crippen molar-refractivity contribution in [2.45, 2.75) is 26.2 Å². The lowest BCUT2D eigenvalue weighted by Crippen LogP contribution is -2.48. The maximum atomic E-state index is 13.3. The molecule has 2 aromatic rings. The first kappa shape index (κ1) is 20.1. The number of rotatable bonds is 3. The predicted octanol–water partition coefficient (Wildman–Crippen LogP) is 3.35. The monoisotopic (exact) mass is 436 g/mol. The molecule has 1 fully saturated rings. The summed E-state index contributed by atoms with van der Waals surface area (Å²) in [6, 6.07) is 4.19. The van der Waals surface area contributed by atoms with Gasteiger partial charge in [-0.3, -0.25) is 9.59 Å². The SMILES string of the molecule is CC(=O)N1CCN(c2nc3c(s2)C[C@@H](C(=O)Nc2ccc(F)c(Cl)c2)CC3)CC1. The fourth-order valence-electron chi connectivity index (χ4n) is 3.75. The zero-order chi connectivity index (χ0) is 20.5. The molecule has 1 atom stereocenters. The molecule has 0 radical (unpaired) electrons. The highest BCUT2D eigenvalue weighted by atomic mass is 35.5. The Morgan fingerprint density at radius 2 is 2.03 bits per heavy atom. The van der Waals surface area contributed by atoms with Gasteiger partial charge in [0.05, 0.1) is 10.7 Å². The highest BCUT2D eigenvalue weighted by Gasteiger charge is 2.29. The van der Waals surface area contributed by atoms with Gasteiger partial charge in [0.1, 0.15) is 5.82 Å². The van der Waals surface area contributed by atoms with Crippen LogP contribution in [0.25, 0.3) is 0 Å². The summed E-state index contributed by atoms with van der Waals surface area (Å²) in [6.07, 6.45) is 2.15. The number of hydrogen-bond donors (Lipinski definition) is 1. The van der Waals surface area contributed by atoms with Gasteiger partial charge in [0.25, 0.3) is 0 Å². The van der Waals surface area contributed by atoms with E-state index < -0.39 is 5.82 Å². The molecule has 2 heterocycles. The molecule has 2 aliphatic rings. The first-order valence-electron chi connectivity index (χ1n) is 9.65. The molecule has 4 rings (SSSR count). The summed E-state index contributed by atoms with van der Waals surface area (Å²) in [5.41, 5.74) is 1.58. The molecular weight excluding hydrogens is 415 g/mol. The van der Waals surface area contributed by atoms with E-state index in [4.69, 9.17) is 16.6 Å². The molecule has 0 unspecified atom stereocenters. The molecule has 154 valence electrons. The number of carbonyl (C=O) groups excluding carboxylic acids is 2. The van der Waals surface area contributed by atoms with E-state index in [-0.39, 0.29) is 22.8 Å². The Labute approximate surface area is 177 Å². The number of piperazine rings is 1. The fraction of sp³-hybridized carbons (Fsp3) is 0.450. The van der Waals surface area contributed by atoms with Gasteiger partial charge in [0, 0.05) is 49.6 Å². The van der Waals surface area contributed by atoms with Crippen LogP contribution >= 0.6 is 22.9 Å². The molecule has 0 spiro atoms. The Morgan fingerprint density at radius 1 is 1.28 bits per heavy atom. The van der Waals surface area contributed by atoms with Gasteiger partial charge >= 0.3 is 0 Å². The van der Waals surface area contributed by atoms with Gasteiger partial charge in [-0.25, -0.2) is 9.37 Å². The number of thiazole rings is 1. The predicted molar refractivity (Wildman–Crippen MR) is 112 cm³/mol. The second-order valence-corrected chi connectivity index (χ2v) is 8.89. The van der Waals surface area contributed by atoms with Gasteiger partial charge in [0.15, 0.2) is 5.13 Å². The Balaban J connectivity index is 1.39. The molecule has 1 N–H and O–H groups in total. The fourth-order valence-corrected chi connectivity index (χ4v) is 5.17. The number of nitrogens with zero attached hydrogens (tertiary/aromatic N) is 3. The Bertz CT molecular complexity index is 943. The lowest BCUT2D eigenvalue weighted by Gasteiger charge is -2.33. The zero-order valence-electron chi connectivity index (χ0n) is 16.1. The van der Waals surface area contributed by atoms with Crippen LogP contribution in [0.4, 0.5) is 15.2 Å². The standard InChI is InChI=1S/C20H22ClFN4O2S/c1-12(27)25-6-8-26(9-7-25)20-24-17-5-2-13(10-18(17)29-20)19(28)23-14-3-4-16(22)15(21)11-14/h3-4,11,13H,2,5-10H2,1H3,(H,23,28)/t13-/m0/s1. The first-order valence-corrected chi connectivity index (χ1v) is 10.8. The smallest absolute Gasteiger partial charge is 0.227 e. The Hall–Kier alpha value is -2.19. The van der Waals surface area contributed by atoms with E-state index in [0.717, 1.165) is 41.6 Å². The van der Waals surface area contributed by atoms with Crippen molar-refractivity contribution in [1.29, 1.82) is 0 Å². The molecule has 29 heavy (non-hydrogen) atoms. The zero-order valence-corrected chi connectivity index (χ0v) is 17.7. The number of carbonyl (C=O) groups is 2. The van der Waals surface area contributed by atoms with Gasteiger partial charge in [-0.1, -0.05) is 11.6 Å². The van der Waals surface area contributed by atoms with E-state index in [1.54, 1.807) is 18.3 Å². The van der Waals surface area contributed by atoms with Crippen LogP contribution in [0.1, 0.15) is 23.9 Å². The minimum absolute atomic E-state index is 0.00861. The number of halogens is 2. The molecule has 6 nitrogen and oxygen atoms in total. The van der Waals surface area contributed by atoms with Gasteiger partial charge in [-0.2, -0.15) is 0 Å². The van der Waals surface area contributed by atoms with Crippen molar-refractivity contribution >= 4 is 45.6 Å². The van der Waals surface area contributed by atoms with E-state index in [9.17, 15) is 14.0 Å². The summed E-state index contributed by atoms with van der Waals surface area (Å²) in [7, 11) is 0. The average molecular weight is 437 g/mol. The molecule has 1 aromatic heterocycles. The van der Waals surface area contributed by atoms with Gasteiger partial charge in [0.2, 0.25) is 11.8 Å². The molecule has 9 heteroatoms. The summed E-state index contributed by atoms with van der Waals surface area (Å²) in [5, 5.41) is 3.81. The Kier molecular flexibility index (Phi) is 5.74. The van der Waals surface area contributed by atoms with Crippen LogP contribution < -0.4 is 10.2 Å². The number of fused-ring (bicyclic) bond motifs is 1. The van der Waals surface area contributed by atoms with Crippen molar-refractivity contribution in [3.8, 4) is 0 Å². The number of nitrogens with one attached hydrogen (secondary N) is 1. The highest BCUT2D eigenvalue weighted by Crippen LogP contribution is 2.35. The minimum atomic E-state index is -0.506.